The molecule has 2 aromatic carbocycles. The van der Waals surface area contributed by atoms with Crippen LogP contribution in [-0.2, 0) is 4.79 Å². The Bertz CT molecular complexity index is 677. The summed E-state index contributed by atoms with van der Waals surface area (Å²) in [7, 11) is 1.84. The Kier molecular flexibility index (Phi) is 4.96. The van der Waals surface area contributed by atoms with Gasteiger partial charge in [0.1, 0.15) is 0 Å². The normalized spacial score (nSPS) is 9.76. The van der Waals surface area contributed by atoms with Gasteiger partial charge in [0.05, 0.1) is 18.2 Å². The molecule has 0 atom stereocenters. The quantitative estimate of drug-likeness (QED) is 0.925. The molecule has 0 aromatic heterocycles. The standard InChI is InChI=1S/C16H14BrN3O/c1-20(15-7-5-12(10-18)6-8-15)11-16(21)19-14-4-2-3-13(17)9-14/h2-9H,11H2,1H3,(H,19,21). The van der Waals surface area contributed by atoms with Gasteiger partial charge in [0.2, 0.25) is 5.91 Å². The van der Waals surface area contributed by atoms with Crippen LogP contribution in [0.3, 0.4) is 0 Å². The van der Waals surface area contributed by atoms with Gasteiger partial charge in [-0.3, -0.25) is 4.79 Å². The number of hydrogen-bond acceptors (Lipinski definition) is 3. The minimum atomic E-state index is -0.0973. The van der Waals surface area contributed by atoms with Crippen molar-refractivity contribution in [2.45, 2.75) is 0 Å². The van der Waals surface area contributed by atoms with Crippen molar-refractivity contribution in [3.8, 4) is 6.07 Å². The maximum absolute atomic E-state index is 12.0. The van der Waals surface area contributed by atoms with E-state index in [-0.39, 0.29) is 12.5 Å². The number of nitriles is 1. The number of halogens is 1. The van der Waals surface area contributed by atoms with E-state index >= 15 is 0 Å². The van der Waals surface area contributed by atoms with Gasteiger partial charge in [-0.1, -0.05) is 22.0 Å². The molecule has 21 heavy (non-hydrogen) atoms. The van der Waals surface area contributed by atoms with E-state index in [1.54, 1.807) is 12.1 Å². The minimum absolute atomic E-state index is 0.0973. The summed E-state index contributed by atoms with van der Waals surface area (Å²) in [5.74, 6) is -0.0973. The van der Waals surface area contributed by atoms with Gasteiger partial charge >= 0.3 is 0 Å². The summed E-state index contributed by atoms with van der Waals surface area (Å²) in [6, 6.07) is 16.6. The lowest BCUT2D eigenvalue weighted by molar-refractivity contribution is -0.114. The number of carbonyl (C=O) groups is 1. The predicted octanol–water partition coefficient (Wildman–Crippen LogP) is 3.40. The van der Waals surface area contributed by atoms with E-state index in [1.165, 1.54) is 0 Å². The molecule has 2 aromatic rings. The second kappa shape index (κ2) is 6.91. The van der Waals surface area contributed by atoms with Crippen LogP contribution in [0.2, 0.25) is 0 Å². The highest BCUT2D eigenvalue weighted by Gasteiger charge is 2.08. The first-order chi connectivity index (χ1) is 10.1. The maximum atomic E-state index is 12.0. The Morgan fingerprint density at radius 1 is 1.29 bits per heavy atom. The fourth-order valence-corrected chi connectivity index (χ4v) is 2.26. The average Bonchev–Trinajstić information content (AvgIpc) is 2.47. The second-order valence-corrected chi connectivity index (χ2v) is 5.49. The lowest BCUT2D eigenvalue weighted by atomic mass is 10.2. The summed E-state index contributed by atoms with van der Waals surface area (Å²) in [6.07, 6.45) is 0. The highest BCUT2D eigenvalue weighted by molar-refractivity contribution is 9.10. The monoisotopic (exact) mass is 343 g/mol. The Morgan fingerprint density at radius 3 is 2.62 bits per heavy atom. The molecule has 0 aliphatic carbocycles. The van der Waals surface area contributed by atoms with Gasteiger partial charge in [0.25, 0.3) is 0 Å². The zero-order valence-corrected chi connectivity index (χ0v) is 13.1. The predicted molar refractivity (Wildman–Crippen MR) is 87.2 cm³/mol. The van der Waals surface area contributed by atoms with Crippen LogP contribution in [0.15, 0.2) is 53.0 Å². The molecule has 0 unspecified atom stereocenters. The number of anilines is 2. The van der Waals surface area contributed by atoms with E-state index in [0.29, 0.717) is 5.56 Å². The lowest BCUT2D eigenvalue weighted by Gasteiger charge is -2.18. The van der Waals surface area contributed by atoms with Gasteiger partial charge in [-0.25, -0.2) is 0 Å². The van der Waals surface area contributed by atoms with Gasteiger partial charge < -0.3 is 10.2 Å². The van der Waals surface area contributed by atoms with Gasteiger partial charge in [-0.15, -0.1) is 0 Å². The summed E-state index contributed by atoms with van der Waals surface area (Å²) in [4.78, 5) is 13.8. The van der Waals surface area contributed by atoms with Gasteiger partial charge in [-0.2, -0.15) is 5.26 Å². The van der Waals surface area contributed by atoms with Crippen LogP contribution in [0.4, 0.5) is 11.4 Å². The Hall–Kier alpha value is -2.32. The van der Waals surface area contributed by atoms with Gasteiger partial charge in [0, 0.05) is 22.9 Å². The Balaban J connectivity index is 1.97. The number of rotatable bonds is 4. The summed E-state index contributed by atoms with van der Waals surface area (Å²) >= 11 is 3.37. The van der Waals surface area contributed by atoms with E-state index in [1.807, 2.05) is 48.3 Å². The fraction of sp³-hybridized carbons (Fsp3) is 0.125. The van der Waals surface area contributed by atoms with E-state index < -0.39 is 0 Å². The number of benzene rings is 2. The molecule has 0 radical (unpaired) electrons. The van der Waals surface area contributed by atoms with Crippen molar-refractivity contribution in [2.24, 2.45) is 0 Å². The highest BCUT2D eigenvalue weighted by Crippen LogP contribution is 2.16. The second-order valence-electron chi connectivity index (χ2n) is 4.57. The number of likely N-dealkylation sites (N-methyl/N-ethyl adjacent to an activating group) is 1. The van der Waals surface area contributed by atoms with E-state index in [9.17, 15) is 4.79 Å². The Labute approximate surface area is 132 Å². The average molecular weight is 344 g/mol. The van der Waals surface area contributed by atoms with Gasteiger partial charge in [0.15, 0.2) is 0 Å². The van der Waals surface area contributed by atoms with Crippen molar-refractivity contribution in [3.05, 3.63) is 58.6 Å². The molecule has 4 nitrogen and oxygen atoms in total. The molecule has 1 N–H and O–H groups in total. The van der Waals surface area contributed by atoms with Crippen molar-refractivity contribution in [2.75, 3.05) is 23.8 Å². The fourth-order valence-electron chi connectivity index (χ4n) is 1.86. The Morgan fingerprint density at radius 2 is 2.00 bits per heavy atom. The summed E-state index contributed by atoms with van der Waals surface area (Å²) in [6.45, 7) is 0.235. The maximum Gasteiger partial charge on any atom is 0.243 e. The molecule has 1 amide bonds. The molecule has 2 rings (SSSR count). The van der Waals surface area contributed by atoms with Crippen molar-refractivity contribution in [1.29, 1.82) is 5.26 Å². The first-order valence-corrected chi connectivity index (χ1v) is 7.14. The van der Waals surface area contributed by atoms with Crippen molar-refractivity contribution in [3.63, 3.8) is 0 Å². The third kappa shape index (κ3) is 4.33. The molecule has 0 heterocycles. The lowest BCUT2D eigenvalue weighted by Crippen LogP contribution is -2.30. The molecule has 0 spiro atoms. The number of carbonyl (C=O) groups excluding carboxylic acids is 1. The first kappa shape index (κ1) is 15.1. The third-order valence-corrected chi connectivity index (χ3v) is 3.42. The highest BCUT2D eigenvalue weighted by atomic mass is 79.9. The summed E-state index contributed by atoms with van der Waals surface area (Å²) in [5, 5.41) is 11.6. The van der Waals surface area contributed by atoms with Crippen LogP contribution in [-0.4, -0.2) is 19.5 Å². The topological polar surface area (TPSA) is 56.1 Å². The SMILES string of the molecule is CN(CC(=O)Nc1cccc(Br)c1)c1ccc(C#N)cc1. The molecule has 0 saturated heterocycles. The zero-order valence-electron chi connectivity index (χ0n) is 11.5. The van der Waals surface area contributed by atoms with E-state index in [4.69, 9.17) is 5.26 Å². The molecular weight excluding hydrogens is 330 g/mol. The molecule has 0 aliphatic rings. The van der Waals surface area contributed by atoms with E-state index in [2.05, 4.69) is 27.3 Å². The largest absolute Gasteiger partial charge is 0.365 e. The number of nitrogens with one attached hydrogen (secondary N) is 1. The van der Waals surface area contributed by atoms with Crippen LogP contribution in [0.1, 0.15) is 5.56 Å². The molecular formula is C16H14BrN3O. The van der Waals surface area contributed by atoms with Crippen LogP contribution in [0, 0.1) is 11.3 Å². The van der Waals surface area contributed by atoms with E-state index in [0.717, 1.165) is 15.8 Å². The van der Waals surface area contributed by atoms with Crippen molar-refractivity contribution in [1.82, 2.24) is 0 Å². The molecule has 0 aliphatic heterocycles. The number of amides is 1. The molecule has 0 fully saturated rings. The summed E-state index contributed by atoms with van der Waals surface area (Å²) in [5.41, 5.74) is 2.24. The number of hydrogen-bond donors (Lipinski definition) is 1. The van der Waals surface area contributed by atoms with Crippen LogP contribution >= 0.6 is 15.9 Å². The minimum Gasteiger partial charge on any atom is -0.365 e. The smallest absolute Gasteiger partial charge is 0.243 e. The van der Waals surface area contributed by atoms with Crippen LogP contribution < -0.4 is 10.2 Å². The molecule has 5 heteroatoms. The molecule has 0 bridgehead atoms. The van der Waals surface area contributed by atoms with Crippen molar-refractivity contribution >= 4 is 33.2 Å². The zero-order chi connectivity index (χ0) is 15.2. The van der Waals surface area contributed by atoms with Crippen LogP contribution in [0.25, 0.3) is 0 Å². The molecule has 106 valence electrons. The van der Waals surface area contributed by atoms with Crippen molar-refractivity contribution < 1.29 is 4.79 Å². The first-order valence-electron chi connectivity index (χ1n) is 6.35. The summed E-state index contributed by atoms with van der Waals surface area (Å²) < 4.78 is 0.917. The van der Waals surface area contributed by atoms with Gasteiger partial charge in [-0.05, 0) is 42.5 Å². The molecule has 0 saturated carbocycles. The third-order valence-electron chi connectivity index (χ3n) is 2.93. The van der Waals surface area contributed by atoms with Crippen LogP contribution in [0.5, 0.6) is 0 Å². The number of nitrogens with zero attached hydrogens (tertiary/aromatic N) is 2.